The number of ether oxygens (including phenoxy) is 3. The Morgan fingerprint density at radius 3 is 2.57 bits per heavy atom. The molecule has 0 saturated carbocycles. The van der Waals surface area contributed by atoms with Gasteiger partial charge >= 0.3 is 5.97 Å². The Hall–Kier alpha value is -1.43. The highest BCUT2D eigenvalue weighted by Gasteiger charge is 2.28. The summed E-state index contributed by atoms with van der Waals surface area (Å²) in [5, 5.41) is 3.25. The Labute approximate surface area is 138 Å². The molecule has 1 N–H and O–H groups in total. The summed E-state index contributed by atoms with van der Waals surface area (Å²) in [5.41, 5.74) is 1.17. The molecule has 1 atom stereocenters. The minimum absolute atomic E-state index is 0.0752. The van der Waals surface area contributed by atoms with Crippen molar-refractivity contribution in [3.05, 3.63) is 35.9 Å². The molecule has 0 bridgehead atoms. The molecule has 1 aromatic carbocycles. The van der Waals surface area contributed by atoms with E-state index in [0.29, 0.717) is 32.6 Å². The summed E-state index contributed by atoms with van der Waals surface area (Å²) in [6.45, 7) is 6.27. The van der Waals surface area contributed by atoms with Gasteiger partial charge in [-0.15, -0.1) is 0 Å². The average molecular weight is 321 g/mol. The van der Waals surface area contributed by atoms with Crippen LogP contribution in [0.25, 0.3) is 0 Å². The number of esters is 1. The maximum atomic E-state index is 11.9. The van der Waals surface area contributed by atoms with Crippen molar-refractivity contribution in [2.45, 2.75) is 39.0 Å². The summed E-state index contributed by atoms with van der Waals surface area (Å²) < 4.78 is 16.3. The van der Waals surface area contributed by atoms with E-state index in [2.05, 4.69) is 19.2 Å². The van der Waals surface area contributed by atoms with Gasteiger partial charge in [0.15, 0.2) is 6.29 Å². The van der Waals surface area contributed by atoms with Gasteiger partial charge in [0.05, 0.1) is 20.3 Å². The van der Waals surface area contributed by atoms with Crippen LogP contribution in [0.1, 0.15) is 25.8 Å². The molecule has 1 aliphatic rings. The van der Waals surface area contributed by atoms with Gasteiger partial charge in [0.2, 0.25) is 0 Å². The number of hydrogen-bond donors (Lipinski definition) is 1. The van der Waals surface area contributed by atoms with Crippen molar-refractivity contribution in [2.75, 3.05) is 26.9 Å². The van der Waals surface area contributed by atoms with Gasteiger partial charge in [-0.25, -0.2) is 0 Å². The first kappa shape index (κ1) is 17.9. The molecule has 0 radical (unpaired) electrons. The number of methoxy groups -OCH3 is 1. The lowest BCUT2D eigenvalue weighted by molar-refractivity contribution is -0.223. The van der Waals surface area contributed by atoms with Gasteiger partial charge in [-0.3, -0.25) is 4.79 Å². The number of carbonyl (C=O) groups excluding carboxylic acids is 1. The molecular formula is C18H27NO4. The van der Waals surface area contributed by atoms with E-state index in [1.165, 1.54) is 7.11 Å². The summed E-state index contributed by atoms with van der Waals surface area (Å²) in [7, 11) is 1.41. The first-order chi connectivity index (χ1) is 11.0. The standard InChI is InChI=1S/C18H27NO4/c1-18(2)12-22-16(23-13-18)9-10-19-15(17(20)21-3)11-14-7-5-4-6-8-14/h4-8,15-16,19H,9-13H2,1-3H3/t15-/m0/s1. The summed E-state index contributed by atoms with van der Waals surface area (Å²) in [6, 6.07) is 9.55. The fourth-order valence-electron chi connectivity index (χ4n) is 2.50. The molecule has 128 valence electrons. The zero-order valence-electron chi connectivity index (χ0n) is 14.2. The van der Waals surface area contributed by atoms with Crippen LogP contribution in [0.2, 0.25) is 0 Å². The highest BCUT2D eigenvalue weighted by atomic mass is 16.7. The van der Waals surface area contributed by atoms with Gasteiger partial charge < -0.3 is 19.5 Å². The minimum Gasteiger partial charge on any atom is -0.468 e. The van der Waals surface area contributed by atoms with Crippen LogP contribution in [0.4, 0.5) is 0 Å². The third-order valence-electron chi connectivity index (χ3n) is 3.86. The van der Waals surface area contributed by atoms with Gasteiger partial charge in [-0.1, -0.05) is 44.2 Å². The molecule has 1 saturated heterocycles. The average Bonchev–Trinajstić information content (AvgIpc) is 2.55. The van der Waals surface area contributed by atoms with Crippen molar-refractivity contribution in [3.8, 4) is 0 Å². The third kappa shape index (κ3) is 5.94. The van der Waals surface area contributed by atoms with Crippen molar-refractivity contribution in [1.29, 1.82) is 0 Å². The van der Waals surface area contributed by atoms with Gasteiger partial charge in [-0.05, 0) is 12.0 Å². The highest BCUT2D eigenvalue weighted by Crippen LogP contribution is 2.23. The van der Waals surface area contributed by atoms with Crippen molar-refractivity contribution in [3.63, 3.8) is 0 Å². The third-order valence-corrected chi connectivity index (χ3v) is 3.86. The van der Waals surface area contributed by atoms with Crippen LogP contribution in [-0.2, 0) is 25.4 Å². The maximum absolute atomic E-state index is 11.9. The van der Waals surface area contributed by atoms with Crippen molar-refractivity contribution < 1.29 is 19.0 Å². The SMILES string of the molecule is COC(=O)[C@H](Cc1ccccc1)NCCC1OCC(C)(C)CO1. The fourth-order valence-corrected chi connectivity index (χ4v) is 2.50. The van der Waals surface area contributed by atoms with Crippen LogP contribution in [0.5, 0.6) is 0 Å². The lowest BCUT2D eigenvalue weighted by atomic mass is 9.95. The van der Waals surface area contributed by atoms with Crippen LogP contribution in [-0.4, -0.2) is 45.2 Å². The zero-order valence-corrected chi connectivity index (χ0v) is 14.2. The Kier molecular flexibility index (Phi) is 6.57. The molecule has 0 aromatic heterocycles. The number of rotatable bonds is 7. The lowest BCUT2D eigenvalue weighted by Crippen LogP contribution is -2.43. The monoisotopic (exact) mass is 321 g/mol. The zero-order chi connectivity index (χ0) is 16.7. The second kappa shape index (κ2) is 8.43. The van der Waals surface area contributed by atoms with E-state index < -0.39 is 0 Å². The summed E-state index contributed by atoms with van der Waals surface area (Å²) >= 11 is 0. The normalized spacial score (nSPS) is 19.3. The second-order valence-electron chi connectivity index (χ2n) is 6.72. The molecule has 0 amide bonds. The van der Waals surface area contributed by atoms with Crippen LogP contribution < -0.4 is 5.32 Å². The van der Waals surface area contributed by atoms with Crippen molar-refractivity contribution in [2.24, 2.45) is 5.41 Å². The largest absolute Gasteiger partial charge is 0.468 e. The van der Waals surface area contributed by atoms with Crippen LogP contribution in [0.3, 0.4) is 0 Å². The Balaban J connectivity index is 1.79. The number of nitrogens with one attached hydrogen (secondary N) is 1. The topological polar surface area (TPSA) is 56.8 Å². The highest BCUT2D eigenvalue weighted by molar-refractivity contribution is 5.76. The van der Waals surface area contributed by atoms with Crippen LogP contribution in [0.15, 0.2) is 30.3 Å². The van der Waals surface area contributed by atoms with E-state index in [1.807, 2.05) is 30.3 Å². The van der Waals surface area contributed by atoms with Crippen molar-refractivity contribution >= 4 is 5.97 Å². The molecule has 1 aromatic rings. The number of benzene rings is 1. The molecule has 23 heavy (non-hydrogen) atoms. The number of hydrogen-bond acceptors (Lipinski definition) is 5. The molecule has 0 aliphatic carbocycles. The van der Waals surface area contributed by atoms with Gasteiger partial charge in [0, 0.05) is 18.4 Å². The van der Waals surface area contributed by atoms with Gasteiger partial charge in [-0.2, -0.15) is 0 Å². The molecule has 1 aliphatic heterocycles. The summed E-state index contributed by atoms with van der Waals surface area (Å²) in [5.74, 6) is -0.250. The summed E-state index contributed by atoms with van der Waals surface area (Å²) in [6.07, 6.45) is 1.11. The van der Waals surface area contributed by atoms with E-state index >= 15 is 0 Å². The molecule has 1 fully saturated rings. The quantitative estimate of drug-likeness (QED) is 0.780. The van der Waals surface area contributed by atoms with Crippen LogP contribution >= 0.6 is 0 Å². The first-order valence-corrected chi connectivity index (χ1v) is 8.08. The first-order valence-electron chi connectivity index (χ1n) is 8.08. The second-order valence-corrected chi connectivity index (χ2v) is 6.72. The molecule has 0 unspecified atom stereocenters. The molecule has 5 nitrogen and oxygen atoms in total. The lowest BCUT2D eigenvalue weighted by Gasteiger charge is -2.34. The Bertz CT molecular complexity index is 479. The molecule has 2 rings (SSSR count). The van der Waals surface area contributed by atoms with E-state index in [1.54, 1.807) is 0 Å². The van der Waals surface area contributed by atoms with E-state index in [4.69, 9.17) is 14.2 Å². The Morgan fingerprint density at radius 1 is 1.30 bits per heavy atom. The minimum atomic E-state index is -0.359. The predicted molar refractivity (Wildman–Crippen MR) is 88.0 cm³/mol. The smallest absolute Gasteiger partial charge is 0.323 e. The molecular weight excluding hydrogens is 294 g/mol. The van der Waals surface area contributed by atoms with E-state index in [9.17, 15) is 4.79 Å². The van der Waals surface area contributed by atoms with Gasteiger partial charge in [0.25, 0.3) is 0 Å². The maximum Gasteiger partial charge on any atom is 0.323 e. The molecule has 0 spiro atoms. The van der Waals surface area contributed by atoms with Gasteiger partial charge in [0.1, 0.15) is 6.04 Å². The summed E-state index contributed by atoms with van der Waals surface area (Å²) in [4.78, 5) is 11.9. The fraction of sp³-hybridized carbons (Fsp3) is 0.611. The predicted octanol–water partition coefficient (Wildman–Crippen LogP) is 2.15. The van der Waals surface area contributed by atoms with Crippen LogP contribution in [0, 0.1) is 5.41 Å². The molecule has 5 heteroatoms. The number of carbonyl (C=O) groups is 1. The molecule has 1 heterocycles. The Morgan fingerprint density at radius 2 is 1.96 bits per heavy atom. The van der Waals surface area contributed by atoms with E-state index in [-0.39, 0.29) is 23.7 Å². The van der Waals surface area contributed by atoms with E-state index in [0.717, 1.165) is 5.56 Å². The van der Waals surface area contributed by atoms with Crippen molar-refractivity contribution in [1.82, 2.24) is 5.32 Å².